The number of benzene rings is 1. The molecule has 44 heavy (non-hydrogen) atoms. The molecule has 1 aliphatic heterocycles. The number of rotatable bonds is 14. The van der Waals surface area contributed by atoms with Gasteiger partial charge in [-0.3, -0.25) is 14.4 Å². The van der Waals surface area contributed by atoms with E-state index in [-0.39, 0.29) is 12.4 Å². The summed E-state index contributed by atoms with van der Waals surface area (Å²) in [6, 6.07) is 3.22. The van der Waals surface area contributed by atoms with Crippen molar-refractivity contribution in [1.82, 2.24) is 0 Å². The van der Waals surface area contributed by atoms with Gasteiger partial charge >= 0.3 is 17.9 Å². The van der Waals surface area contributed by atoms with Gasteiger partial charge in [-0.05, 0) is 84.4 Å². The molecule has 5 atom stereocenters. The molecule has 1 saturated heterocycles. The summed E-state index contributed by atoms with van der Waals surface area (Å²) >= 11 is 0. The van der Waals surface area contributed by atoms with E-state index in [1.165, 1.54) is 23.6 Å². The number of ether oxygens (including phenoxy) is 5. The first kappa shape index (κ1) is 36.6. The number of aromatic hydroxyl groups is 1. The number of aliphatic hydroxyl groups excluding tert-OH is 1. The van der Waals surface area contributed by atoms with Gasteiger partial charge in [0.2, 0.25) is 6.29 Å². The van der Waals surface area contributed by atoms with Gasteiger partial charge in [0.1, 0.15) is 24.2 Å². The molecule has 1 aromatic carbocycles. The van der Waals surface area contributed by atoms with Gasteiger partial charge in [-0.25, -0.2) is 0 Å². The van der Waals surface area contributed by atoms with E-state index in [1.807, 2.05) is 6.92 Å². The number of aliphatic hydroxyl groups is 1. The Labute approximate surface area is 260 Å². The number of carbonyl (C=O) groups excluding carboxylic acids is 3. The Morgan fingerprint density at radius 3 is 2.02 bits per heavy atom. The fraction of sp³-hybridized carbons (Fsp3) is 0.559. The largest absolute Gasteiger partial charge is 0.508 e. The Balaban J connectivity index is 2.26. The molecule has 1 aliphatic rings. The van der Waals surface area contributed by atoms with Crippen molar-refractivity contribution in [1.29, 1.82) is 0 Å². The summed E-state index contributed by atoms with van der Waals surface area (Å²) in [5.41, 5.74) is 5.02. The lowest BCUT2D eigenvalue weighted by atomic mass is 9.98. The highest BCUT2D eigenvalue weighted by molar-refractivity contribution is 5.68. The lowest BCUT2D eigenvalue weighted by molar-refractivity contribution is -0.285. The van der Waals surface area contributed by atoms with Crippen LogP contribution in [0.15, 0.2) is 47.1 Å². The highest BCUT2D eigenvalue weighted by atomic mass is 16.7. The summed E-state index contributed by atoms with van der Waals surface area (Å²) in [6.45, 7) is 13.3. The molecule has 1 fully saturated rings. The first-order chi connectivity index (χ1) is 20.7. The van der Waals surface area contributed by atoms with Crippen molar-refractivity contribution in [3.8, 4) is 11.5 Å². The zero-order valence-electron chi connectivity index (χ0n) is 27.2. The highest BCUT2D eigenvalue weighted by Gasteiger charge is 2.51. The Hall–Kier alpha value is -3.63. The molecular weight excluding hydrogens is 568 g/mol. The third-order valence-corrected chi connectivity index (χ3v) is 7.08. The maximum absolute atomic E-state index is 11.9. The molecule has 0 spiro atoms. The van der Waals surface area contributed by atoms with Crippen LogP contribution in [0.3, 0.4) is 0 Å². The Morgan fingerprint density at radius 2 is 1.43 bits per heavy atom. The molecule has 0 saturated carbocycles. The first-order valence-corrected chi connectivity index (χ1v) is 14.9. The zero-order valence-corrected chi connectivity index (χ0v) is 27.2. The third-order valence-electron chi connectivity index (χ3n) is 7.08. The Kier molecular flexibility index (Phi) is 14.6. The molecule has 0 aromatic heterocycles. The van der Waals surface area contributed by atoms with Crippen LogP contribution in [-0.4, -0.2) is 65.4 Å². The number of phenolic OH excluding ortho intramolecular Hbond substituents is 1. The van der Waals surface area contributed by atoms with Crippen LogP contribution in [0.4, 0.5) is 0 Å². The SMILES string of the molecule is CC(=O)OCC1OC(Oc2cc(C)c(O)cc2CC=C(C)CCC=C(C)CCC=C(C)C)C(O)C(OC(C)=O)C1OC(C)=O. The number of aryl methyl sites for hydroxylation is 1. The molecule has 10 heteroatoms. The smallest absolute Gasteiger partial charge is 0.303 e. The summed E-state index contributed by atoms with van der Waals surface area (Å²) in [7, 11) is 0. The van der Waals surface area contributed by atoms with Gasteiger partial charge < -0.3 is 33.9 Å². The van der Waals surface area contributed by atoms with E-state index in [2.05, 4.69) is 39.0 Å². The van der Waals surface area contributed by atoms with Gasteiger partial charge in [-0.2, -0.15) is 0 Å². The summed E-state index contributed by atoms with van der Waals surface area (Å²) in [6.07, 6.45) is 4.17. The predicted octanol–water partition coefficient (Wildman–Crippen LogP) is 5.55. The Morgan fingerprint density at radius 1 is 0.841 bits per heavy atom. The van der Waals surface area contributed by atoms with Crippen molar-refractivity contribution in [2.75, 3.05) is 6.61 Å². The monoisotopic (exact) mass is 616 g/mol. The topological polar surface area (TPSA) is 138 Å². The molecule has 2 N–H and O–H groups in total. The minimum atomic E-state index is -1.57. The number of hydrogen-bond acceptors (Lipinski definition) is 10. The van der Waals surface area contributed by atoms with Crippen molar-refractivity contribution in [3.05, 3.63) is 58.2 Å². The average Bonchev–Trinajstić information content (AvgIpc) is 2.91. The van der Waals surface area contributed by atoms with Crippen molar-refractivity contribution in [2.45, 2.75) is 118 Å². The molecule has 0 amide bonds. The summed E-state index contributed by atoms with van der Waals surface area (Å²) < 4.78 is 27.8. The van der Waals surface area contributed by atoms with Gasteiger partial charge in [-0.15, -0.1) is 0 Å². The number of hydrogen-bond donors (Lipinski definition) is 2. The molecule has 0 aliphatic carbocycles. The maximum Gasteiger partial charge on any atom is 0.303 e. The van der Waals surface area contributed by atoms with Crippen LogP contribution in [0, 0.1) is 6.92 Å². The molecule has 5 unspecified atom stereocenters. The van der Waals surface area contributed by atoms with Crippen LogP contribution >= 0.6 is 0 Å². The number of phenols is 1. The molecule has 10 nitrogen and oxygen atoms in total. The van der Waals surface area contributed by atoms with E-state index in [0.717, 1.165) is 39.5 Å². The fourth-order valence-electron chi connectivity index (χ4n) is 4.72. The minimum absolute atomic E-state index is 0.0823. The lowest BCUT2D eigenvalue weighted by Gasteiger charge is -2.42. The second-order valence-corrected chi connectivity index (χ2v) is 11.5. The molecule has 244 valence electrons. The van der Waals surface area contributed by atoms with Crippen LogP contribution < -0.4 is 4.74 Å². The van der Waals surface area contributed by atoms with Gasteiger partial charge in [0.05, 0.1) is 0 Å². The zero-order chi connectivity index (χ0) is 33.0. The van der Waals surface area contributed by atoms with Crippen molar-refractivity contribution >= 4 is 17.9 Å². The van der Waals surface area contributed by atoms with Crippen LogP contribution in [0.25, 0.3) is 0 Å². The van der Waals surface area contributed by atoms with Gasteiger partial charge in [-0.1, -0.05) is 34.9 Å². The molecular formula is C34H48O10. The van der Waals surface area contributed by atoms with E-state index in [1.54, 1.807) is 19.1 Å². The minimum Gasteiger partial charge on any atom is -0.508 e. The van der Waals surface area contributed by atoms with Gasteiger partial charge in [0.25, 0.3) is 0 Å². The molecule has 2 rings (SSSR count). The van der Waals surface area contributed by atoms with Crippen molar-refractivity contribution in [2.24, 2.45) is 0 Å². The average molecular weight is 617 g/mol. The normalized spacial score (nSPS) is 22.2. The van der Waals surface area contributed by atoms with Crippen molar-refractivity contribution in [3.63, 3.8) is 0 Å². The van der Waals surface area contributed by atoms with E-state index in [4.69, 9.17) is 23.7 Å². The van der Waals surface area contributed by atoms with Crippen LogP contribution in [0.1, 0.15) is 85.3 Å². The van der Waals surface area contributed by atoms with Gasteiger partial charge in [0, 0.05) is 26.3 Å². The molecule has 0 bridgehead atoms. The molecule has 0 radical (unpaired) electrons. The molecule has 1 heterocycles. The van der Waals surface area contributed by atoms with Crippen molar-refractivity contribution < 1.29 is 48.3 Å². The summed E-state index contributed by atoms with van der Waals surface area (Å²) in [5.74, 6) is -1.61. The van der Waals surface area contributed by atoms with Crippen LogP contribution in [0.2, 0.25) is 0 Å². The molecule has 1 aromatic rings. The lowest BCUT2D eigenvalue weighted by Crippen LogP contribution is -2.62. The maximum atomic E-state index is 11.9. The van der Waals surface area contributed by atoms with E-state index in [9.17, 15) is 24.6 Å². The third kappa shape index (κ3) is 12.2. The van der Waals surface area contributed by atoms with E-state index < -0.39 is 48.6 Å². The Bertz CT molecular complexity index is 1240. The fourth-order valence-corrected chi connectivity index (χ4v) is 4.72. The number of esters is 3. The number of carbonyl (C=O) groups is 3. The second-order valence-electron chi connectivity index (χ2n) is 11.5. The summed E-state index contributed by atoms with van der Waals surface area (Å²) in [5, 5.41) is 21.6. The van der Waals surface area contributed by atoms with E-state index in [0.29, 0.717) is 23.3 Å². The highest BCUT2D eigenvalue weighted by Crippen LogP contribution is 2.33. The number of allylic oxidation sites excluding steroid dienone is 6. The first-order valence-electron chi connectivity index (χ1n) is 14.9. The predicted molar refractivity (Wildman–Crippen MR) is 165 cm³/mol. The standard InChI is InChI=1S/C34H48O10/c1-20(2)11-9-12-21(3)13-10-14-22(4)15-16-27-18-28(38)23(5)17-29(27)43-34-31(39)33(42-26(8)37)32(41-25(7)36)30(44-34)19-40-24(6)35/h11,13,15,17-18,30-34,38-39H,9-10,12,14,16,19H2,1-8H3. The van der Waals surface area contributed by atoms with E-state index >= 15 is 0 Å². The van der Waals surface area contributed by atoms with Crippen LogP contribution in [0.5, 0.6) is 11.5 Å². The summed E-state index contributed by atoms with van der Waals surface area (Å²) in [4.78, 5) is 35.3. The second kappa shape index (κ2) is 17.6. The quantitative estimate of drug-likeness (QED) is 0.155. The van der Waals surface area contributed by atoms with Gasteiger partial charge in [0.15, 0.2) is 18.3 Å². The van der Waals surface area contributed by atoms with Crippen LogP contribution in [-0.2, 0) is 39.8 Å².